The Balaban J connectivity index is 1.93. The third-order valence-corrected chi connectivity index (χ3v) is 2.88. The van der Waals surface area contributed by atoms with E-state index in [-0.39, 0.29) is 6.04 Å². The van der Waals surface area contributed by atoms with E-state index in [0.717, 1.165) is 23.4 Å². The van der Waals surface area contributed by atoms with E-state index in [0.29, 0.717) is 6.54 Å². The summed E-state index contributed by atoms with van der Waals surface area (Å²) in [6.45, 7) is 2.45. The van der Waals surface area contributed by atoms with Crippen LogP contribution < -0.4 is 5.32 Å². The van der Waals surface area contributed by atoms with Gasteiger partial charge in [-0.2, -0.15) is 18.3 Å². The van der Waals surface area contributed by atoms with Gasteiger partial charge >= 0.3 is 6.18 Å². The second-order valence-corrected chi connectivity index (χ2v) is 4.31. The molecule has 1 unspecified atom stereocenters. The molecule has 0 saturated heterocycles. The van der Waals surface area contributed by atoms with Crippen LogP contribution in [-0.2, 0) is 12.7 Å². The van der Waals surface area contributed by atoms with Gasteiger partial charge in [-0.3, -0.25) is 5.10 Å². The molecular weight excluding hydrogens is 255 g/mol. The fraction of sp³-hybridized carbons (Fsp3) is 0.308. The molecular formula is C13H14F3N3. The highest BCUT2D eigenvalue weighted by molar-refractivity contribution is 5.24. The van der Waals surface area contributed by atoms with E-state index < -0.39 is 11.7 Å². The second-order valence-electron chi connectivity index (χ2n) is 4.31. The third-order valence-electron chi connectivity index (χ3n) is 2.88. The van der Waals surface area contributed by atoms with Gasteiger partial charge in [0.15, 0.2) is 0 Å². The highest BCUT2D eigenvalue weighted by atomic mass is 19.4. The number of rotatable bonds is 4. The van der Waals surface area contributed by atoms with Gasteiger partial charge in [-0.05, 0) is 30.7 Å². The number of aromatic nitrogens is 2. The average molecular weight is 269 g/mol. The fourth-order valence-corrected chi connectivity index (χ4v) is 1.70. The molecule has 0 fully saturated rings. The van der Waals surface area contributed by atoms with E-state index >= 15 is 0 Å². The molecule has 0 spiro atoms. The minimum absolute atomic E-state index is 0.0600. The van der Waals surface area contributed by atoms with Gasteiger partial charge in [-0.1, -0.05) is 12.1 Å². The maximum Gasteiger partial charge on any atom is 0.416 e. The van der Waals surface area contributed by atoms with Crippen molar-refractivity contribution in [3.63, 3.8) is 0 Å². The van der Waals surface area contributed by atoms with Gasteiger partial charge < -0.3 is 5.32 Å². The van der Waals surface area contributed by atoms with Crippen LogP contribution in [0.3, 0.4) is 0 Å². The molecule has 0 aliphatic carbocycles. The first-order valence-corrected chi connectivity index (χ1v) is 5.85. The quantitative estimate of drug-likeness (QED) is 0.894. The lowest BCUT2D eigenvalue weighted by Gasteiger charge is -2.12. The van der Waals surface area contributed by atoms with Crippen LogP contribution in [0.2, 0.25) is 0 Å². The molecule has 19 heavy (non-hydrogen) atoms. The summed E-state index contributed by atoms with van der Waals surface area (Å²) in [5, 5.41) is 9.89. The molecule has 2 aromatic rings. The van der Waals surface area contributed by atoms with Crippen molar-refractivity contribution in [1.82, 2.24) is 15.5 Å². The van der Waals surface area contributed by atoms with Crippen LogP contribution in [0.25, 0.3) is 0 Å². The number of nitrogens with one attached hydrogen (secondary N) is 2. The smallest absolute Gasteiger partial charge is 0.305 e. The molecule has 2 N–H and O–H groups in total. The van der Waals surface area contributed by atoms with Crippen molar-refractivity contribution in [3.05, 3.63) is 53.3 Å². The summed E-state index contributed by atoms with van der Waals surface area (Å²) in [6, 6.07) is 7.07. The van der Waals surface area contributed by atoms with Gasteiger partial charge in [0, 0.05) is 18.8 Å². The van der Waals surface area contributed by atoms with Crippen LogP contribution in [0.4, 0.5) is 13.2 Å². The van der Waals surface area contributed by atoms with E-state index in [2.05, 4.69) is 15.5 Å². The van der Waals surface area contributed by atoms with Crippen molar-refractivity contribution in [2.24, 2.45) is 0 Å². The molecule has 2 rings (SSSR count). The number of nitrogens with zero attached hydrogens (tertiary/aromatic N) is 1. The topological polar surface area (TPSA) is 40.7 Å². The molecule has 1 atom stereocenters. The van der Waals surface area contributed by atoms with Gasteiger partial charge in [0.1, 0.15) is 0 Å². The standard InChI is InChI=1S/C13H14F3N3/c1-9(12-6-7-18-19-12)17-8-10-2-4-11(5-3-10)13(14,15)16/h2-7,9,17H,8H2,1H3,(H,18,19). The summed E-state index contributed by atoms with van der Waals surface area (Å²) >= 11 is 0. The highest BCUT2D eigenvalue weighted by Crippen LogP contribution is 2.29. The number of aromatic amines is 1. The van der Waals surface area contributed by atoms with E-state index in [4.69, 9.17) is 0 Å². The predicted molar refractivity (Wildman–Crippen MR) is 65.3 cm³/mol. The van der Waals surface area contributed by atoms with Crippen LogP contribution in [0, 0.1) is 0 Å². The summed E-state index contributed by atoms with van der Waals surface area (Å²) in [6.07, 6.45) is -2.62. The maximum absolute atomic E-state index is 12.4. The molecule has 1 aromatic heterocycles. The van der Waals surface area contributed by atoms with Crippen molar-refractivity contribution < 1.29 is 13.2 Å². The van der Waals surface area contributed by atoms with Gasteiger partial charge in [-0.15, -0.1) is 0 Å². The van der Waals surface area contributed by atoms with Gasteiger partial charge in [0.05, 0.1) is 11.3 Å². The summed E-state index contributed by atoms with van der Waals surface area (Å²) in [7, 11) is 0. The van der Waals surface area contributed by atoms with Crippen LogP contribution in [0.1, 0.15) is 29.8 Å². The fourth-order valence-electron chi connectivity index (χ4n) is 1.70. The lowest BCUT2D eigenvalue weighted by Crippen LogP contribution is -2.18. The Morgan fingerprint density at radius 2 is 1.89 bits per heavy atom. The molecule has 102 valence electrons. The SMILES string of the molecule is CC(NCc1ccc(C(F)(F)F)cc1)c1ccn[nH]1. The highest BCUT2D eigenvalue weighted by Gasteiger charge is 2.29. The Bertz CT molecular complexity index is 503. The minimum atomic E-state index is -4.28. The Morgan fingerprint density at radius 3 is 2.42 bits per heavy atom. The van der Waals surface area contributed by atoms with Crippen molar-refractivity contribution in [1.29, 1.82) is 0 Å². The van der Waals surface area contributed by atoms with Crippen molar-refractivity contribution >= 4 is 0 Å². The van der Waals surface area contributed by atoms with E-state index in [9.17, 15) is 13.2 Å². The first kappa shape index (κ1) is 13.6. The zero-order valence-electron chi connectivity index (χ0n) is 10.3. The number of hydrogen-bond donors (Lipinski definition) is 2. The van der Waals surface area contributed by atoms with E-state index in [1.165, 1.54) is 12.1 Å². The zero-order chi connectivity index (χ0) is 13.9. The lowest BCUT2D eigenvalue weighted by atomic mass is 10.1. The lowest BCUT2D eigenvalue weighted by molar-refractivity contribution is -0.137. The molecule has 0 saturated carbocycles. The molecule has 0 amide bonds. The Morgan fingerprint density at radius 1 is 1.21 bits per heavy atom. The van der Waals surface area contributed by atoms with Gasteiger partial charge in [-0.25, -0.2) is 0 Å². The maximum atomic E-state index is 12.4. The summed E-state index contributed by atoms with van der Waals surface area (Å²) in [5.74, 6) is 0. The molecule has 0 aliphatic rings. The monoisotopic (exact) mass is 269 g/mol. The van der Waals surface area contributed by atoms with Crippen LogP contribution in [0.5, 0.6) is 0 Å². The molecule has 1 aromatic carbocycles. The predicted octanol–water partition coefficient (Wildman–Crippen LogP) is 3.28. The van der Waals surface area contributed by atoms with Crippen molar-refractivity contribution in [2.75, 3.05) is 0 Å². The second kappa shape index (κ2) is 5.44. The molecule has 6 heteroatoms. The number of alkyl halides is 3. The van der Waals surface area contributed by atoms with Crippen molar-refractivity contribution in [3.8, 4) is 0 Å². The summed E-state index contributed by atoms with van der Waals surface area (Å²) < 4.78 is 37.2. The number of benzene rings is 1. The number of hydrogen-bond acceptors (Lipinski definition) is 2. The molecule has 0 bridgehead atoms. The van der Waals surface area contributed by atoms with Crippen LogP contribution in [0.15, 0.2) is 36.5 Å². The summed E-state index contributed by atoms with van der Waals surface area (Å²) in [5.41, 5.74) is 1.11. The first-order chi connectivity index (χ1) is 8.97. The molecule has 0 aliphatic heterocycles. The minimum Gasteiger partial charge on any atom is -0.305 e. The normalized spacial score (nSPS) is 13.5. The van der Waals surface area contributed by atoms with Crippen LogP contribution >= 0.6 is 0 Å². The molecule has 1 heterocycles. The van der Waals surface area contributed by atoms with Gasteiger partial charge in [0.2, 0.25) is 0 Å². The number of halogens is 3. The van der Waals surface area contributed by atoms with Crippen LogP contribution in [-0.4, -0.2) is 10.2 Å². The third kappa shape index (κ3) is 3.57. The molecule has 0 radical (unpaired) electrons. The Labute approximate surface area is 108 Å². The van der Waals surface area contributed by atoms with E-state index in [1.807, 2.05) is 13.0 Å². The molecule has 3 nitrogen and oxygen atoms in total. The van der Waals surface area contributed by atoms with Gasteiger partial charge in [0.25, 0.3) is 0 Å². The first-order valence-electron chi connectivity index (χ1n) is 5.85. The Hall–Kier alpha value is -1.82. The van der Waals surface area contributed by atoms with E-state index in [1.54, 1.807) is 6.20 Å². The number of H-pyrrole nitrogens is 1. The Kier molecular flexibility index (Phi) is 3.90. The zero-order valence-corrected chi connectivity index (χ0v) is 10.3. The largest absolute Gasteiger partial charge is 0.416 e. The van der Waals surface area contributed by atoms with Crippen molar-refractivity contribution in [2.45, 2.75) is 25.7 Å². The average Bonchev–Trinajstić information content (AvgIpc) is 2.89. The summed E-state index contributed by atoms with van der Waals surface area (Å²) in [4.78, 5) is 0.